The van der Waals surface area contributed by atoms with Crippen LogP contribution in [-0.4, -0.2) is 37.8 Å². The molecule has 1 aliphatic heterocycles. The number of nitrogens with zero attached hydrogens (tertiary/aromatic N) is 5. The molecular formula is C21H25N5O. The first-order valence-corrected chi connectivity index (χ1v) is 9.42. The molecule has 0 fully saturated rings. The zero-order chi connectivity index (χ0) is 18.5. The highest BCUT2D eigenvalue weighted by molar-refractivity contribution is 5.11. The normalized spacial score (nSPS) is 17.0. The van der Waals surface area contributed by atoms with Gasteiger partial charge < -0.3 is 4.74 Å². The third kappa shape index (κ3) is 4.59. The summed E-state index contributed by atoms with van der Waals surface area (Å²) < 4.78 is 8.03. The molecule has 27 heavy (non-hydrogen) atoms. The second-order valence-electron chi connectivity index (χ2n) is 7.06. The highest BCUT2D eigenvalue weighted by Crippen LogP contribution is 2.24. The zero-order valence-electron chi connectivity index (χ0n) is 15.7. The largest absolute Gasteiger partial charge is 0.377 e. The topological polar surface area (TPSA) is 56.1 Å². The average Bonchev–Trinajstić information content (AvgIpc) is 3.15. The molecule has 3 aromatic rings. The standard InChI is InChI=1S/C21H25N5O/c1-17-4-2-6-19(24-17)13-25-14-20-7-10-23-26(20)21(15-25)8-11-27-16-18-5-3-9-22-12-18/h2-7,9-10,12,21H,8,11,13-16H2,1H3/t21-/m0/s1. The van der Waals surface area contributed by atoms with Gasteiger partial charge in [-0.3, -0.25) is 19.5 Å². The summed E-state index contributed by atoms with van der Waals surface area (Å²) >= 11 is 0. The number of aromatic nitrogens is 4. The number of pyridine rings is 2. The second kappa shape index (κ2) is 8.41. The van der Waals surface area contributed by atoms with Crippen LogP contribution >= 0.6 is 0 Å². The zero-order valence-corrected chi connectivity index (χ0v) is 15.7. The van der Waals surface area contributed by atoms with Gasteiger partial charge in [-0.15, -0.1) is 0 Å². The molecule has 3 aromatic heterocycles. The second-order valence-corrected chi connectivity index (χ2v) is 7.06. The number of ether oxygens (including phenoxy) is 1. The maximum Gasteiger partial charge on any atom is 0.0731 e. The molecule has 0 bridgehead atoms. The summed E-state index contributed by atoms with van der Waals surface area (Å²) in [7, 11) is 0. The Morgan fingerprint density at radius 1 is 1.15 bits per heavy atom. The fourth-order valence-electron chi connectivity index (χ4n) is 3.61. The minimum absolute atomic E-state index is 0.322. The smallest absolute Gasteiger partial charge is 0.0731 e. The molecule has 0 aromatic carbocycles. The first kappa shape index (κ1) is 17.8. The molecule has 0 spiro atoms. The van der Waals surface area contributed by atoms with Crippen LogP contribution in [-0.2, 0) is 24.4 Å². The van der Waals surface area contributed by atoms with Gasteiger partial charge in [0.25, 0.3) is 0 Å². The van der Waals surface area contributed by atoms with Gasteiger partial charge >= 0.3 is 0 Å². The van der Waals surface area contributed by atoms with E-state index < -0.39 is 0 Å². The van der Waals surface area contributed by atoms with Crippen LogP contribution in [0.3, 0.4) is 0 Å². The lowest BCUT2D eigenvalue weighted by Crippen LogP contribution is -2.37. The Bertz CT molecular complexity index is 864. The van der Waals surface area contributed by atoms with Crippen molar-refractivity contribution >= 4 is 0 Å². The number of rotatable bonds is 7. The Morgan fingerprint density at radius 2 is 2.11 bits per heavy atom. The molecule has 4 heterocycles. The first-order chi connectivity index (χ1) is 13.3. The lowest BCUT2D eigenvalue weighted by Gasteiger charge is -2.33. The molecule has 0 amide bonds. The van der Waals surface area contributed by atoms with E-state index in [-0.39, 0.29) is 0 Å². The van der Waals surface area contributed by atoms with E-state index in [1.807, 2.05) is 37.5 Å². The Hall–Kier alpha value is -2.57. The van der Waals surface area contributed by atoms with Crippen molar-refractivity contribution in [2.45, 2.75) is 39.1 Å². The molecule has 0 unspecified atom stereocenters. The van der Waals surface area contributed by atoms with E-state index in [0.717, 1.165) is 43.0 Å². The average molecular weight is 363 g/mol. The SMILES string of the molecule is Cc1cccc(CN2Cc3ccnn3[C@@H](CCOCc3cccnc3)C2)n1. The molecule has 0 aliphatic carbocycles. The molecule has 0 radical (unpaired) electrons. The van der Waals surface area contributed by atoms with Crippen LogP contribution in [0.1, 0.15) is 35.1 Å². The number of fused-ring (bicyclic) bond motifs is 1. The van der Waals surface area contributed by atoms with E-state index in [9.17, 15) is 0 Å². The molecule has 6 heteroatoms. The molecule has 6 nitrogen and oxygen atoms in total. The van der Waals surface area contributed by atoms with Gasteiger partial charge in [0.05, 0.1) is 24.0 Å². The molecule has 1 atom stereocenters. The van der Waals surface area contributed by atoms with Crippen LogP contribution in [0.2, 0.25) is 0 Å². The quantitative estimate of drug-likeness (QED) is 0.604. The van der Waals surface area contributed by atoms with Gasteiger partial charge in [-0.05, 0) is 43.2 Å². The van der Waals surface area contributed by atoms with Crippen LogP contribution in [0.4, 0.5) is 0 Å². The molecule has 4 rings (SSSR count). The summed E-state index contributed by atoms with van der Waals surface area (Å²) in [5.74, 6) is 0. The summed E-state index contributed by atoms with van der Waals surface area (Å²) in [6, 6.07) is 12.6. The van der Waals surface area contributed by atoms with Gasteiger partial charge in [0.15, 0.2) is 0 Å². The van der Waals surface area contributed by atoms with Gasteiger partial charge in [-0.2, -0.15) is 5.10 Å². The monoisotopic (exact) mass is 363 g/mol. The van der Waals surface area contributed by atoms with Crippen molar-refractivity contribution < 1.29 is 4.74 Å². The number of hydrogen-bond donors (Lipinski definition) is 0. The van der Waals surface area contributed by atoms with E-state index in [2.05, 4.69) is 42.8 Å². The van der Waals surface area contributed by atoms with Crippen molar-refractivity contribution in [2.24, 2.45) is 0 Å². The van der Waals surface area contributed by atoms with Crippen molar-refractivity contribution in [3.8, 4) is 0 Å². The third-order valence-electron chi connectivity index (χ3n) is 4.87. The fourth-order valence-corrected chi connectivity index (χ4v) is 3.61. The predicted octanol–water partition coefficient (Wildman–Crippen LogP) is 3.15. The maximum atomic E-state index is 5.87. The molecule has 0 saturated carbocycles. The van der Waals surface area contributed by atoms with E-state index >= 15 is 0 Å². The van der Waals surface area contributed by atoms with E-state index in [1.54, 1.807) is 6.20 Å². The highest BCUT2D eigenvalue weighted by atomic mass is 16.5. The minimum Gasteiger partial charge on any atom is -0.377 e. The van der Waals surface area contributed by atoms with Crippen molar-refractivity contribution in [3.63, 3.8) is 0 Å². The molecule has 140 valence electrons. The molecular weight excluding hydrogens is 338 g/mol. The predicted molar refractivity (Wildman–Crippen MR) is 103 cm³/mol. The van der Waals surface area contributed by atoms with Crippen LogP contribution < -0.4 is 0 Å². The Balaban J connectivity index is 1.35. The fraction of sp³-hybridized carbons (Fsp3) is 0.381. The van der Waals surface area contributed by atoms with Gasteiger partial charge in [0.1, 0.15) is 0 Å². The van der Waals surface area contributed by atoms with Gasteiger partial charge in [-0.1, -0.05) is 12.1 Å². The van der Waals surface area contributed by atoms with Crippen molar-refractivity contribution in [2.75, 3.05) is 13.2 Å². The van der Waals surface area contributed by atoms with E-state index in [1.165, 1.54) is 5.69 Å². The Morgan fingerprint density at radius 3 is 2.96 bits per heavy atom. The molecule has 0 saturated heterocycles. The Kier molecular flexibility index (Phi) is 5.55. The van der Waals surface area contributed by atoms with E-state index in [4.69, 9.17) is 4.74 Å². The molecule has 0 N–H and O–H groups in total. The molecule has 1 aliphatic rings. The minimum atomic E-state index is 0.322. The van der Waals surface area contributed by atoms with Crippen molar-refractivity contribution in [1.82, 2.24) is 24.6 Å². The summed E-state index contributed by atoms with van der Waals surface area (Å²) in [5, 5.41) is 4.54. The summed E-state index contributed by atoms with van der Waals surface area (Å²) in [6.07, 6.45) is 6.46. The van der Waals surface area contributed by atoms with Crippen LogP contribution in [0.15, 0.2) is 55.0 Å². The van der Waals surface area contributed by atoms with Crippen molar-refractivity contribution in [1.29, 1.82) is 0 Å². The maximum absolute atomic E-state index is 5.87. The lowest BCUT2D eigenvalue weighted by atomic mass is 10.1. The van der Waals surface area contributed by atoms with Crippen molar-refractivity contribution in [3.05, 3.63) is 77.6 Å². The van der Waals surface area contributed by atoms with Crippen LogP contribution in [0, 0.1) is 6.92 Å². The van der Waals surface area contributed by atoms with Gasteiger partial charge in [0, 0.05) is 50.5 Å². The third-order valence-corrected chi connectivity index (χ3v) is 4.87. The highest BCUT2D eigenvalue weighted by Gasteiger charge is 2.25. The Labute approximate surface area is 159 Å². The van der Waals surface area contributed by atoms with Gasteiger partial charge in [0.2, 0.25) is 0 Å². The summed E-state index contributed by atoms with van der Waals surface area (Å²) in [4.78, 5) is 11.2. The number of aryl methyl sites for hydroxylation is 1. The van der Waals surface area contributed by atoms with Crippen LogP contribution in [0.5, 0.6) is 0 Å². The number of hydrogen-bond acceptors (Lipinski definition) is 5. The van der Waals surface area contributed by atoms with Crippen LogP contribution in [0.25, 0.3) is 0 Å². The summed E-state index contributed by atoms with van der Waals surface area (Å²) in [6.45, 7) is 6.07. The lowest BCUT2D eigenvalue weighted by molar-refractivity contribution is 0.0869. The van der Waals surface area contributed by atoms with E-state index in [0.29, 0.717) is 19.3 Å². The summed E-state index contributed by atoms with van der Waals surface area (Å²) in [5.41, 5.74) is 4.55. The van der Waals surface area contributed by atoms with Gasteiger partial charge in [-0.25, -0.2) is 0 Å². The first-order valence-electron chi connectivity index (χ1n) is 9.42.